The minimum absolute atomic E-state index is 0.00613. The summed E-state index contributed by atoms with van der Waals surface area (Å²) >= 11 is 0. The summed E-state index contributed by atoms with van der Waals surface area (Å²) in [4.78, 5) is 39.0. The van der Waals surface area contributed by atoms with Crippen molar-refractivity contribution in [3.05, 3.63) is 47.7 Å². The Morgan fingerprint density at radius 3 is 2.72 bits per heavy atom. The van der Waals surface area contributed by atoms with Crippen LogP contribution in [0, 0.1) is 6.92 Å². The summed E-state index contributed by atoms with van der Waals surface area (Å²) in [6.45, 7) is 5.52. The molecular weight excluding hydrogens is 372 g/mol. The highest BCUT2D eigenvalue weighted by molar-refractivity contribution is 5.93. The highest BCUT2D eigenvalue weighted by Gasteiger charge is 2.25. The van der Waals surface area contributed by atoms with Gasteiger partial charge in [-0.2, -0.15) is 0 Å². The minimum atomic E-state index is -0.299. The van der Waals surface area contributed by atoms with Gasteiger partial charge in [0.1, 0.15) is 17.3 Å². The molecule has 2 N–H and O–H groups in total. The predicted octanol–water partition coefficient (Wildman–Crippen LogP) is 2.14. The van der Waals surface area contributed by atoms with Crippen LogP contribution in [-0.4, -0.2) is 57.6 Å². The summed E-state index contributed by atoms with van der Waals surface area (Å²) in [6.07, 6.45) is 2.79. The highest BCUT2D eigenvalue weighted by Crippen LogP contribution is 2.13. The minimum Gasteiger partial charge on any atom is -0.450 e. The number of anilines is 1. The number of likely N-dealkylation sites (tertiary alicyclic amines) is 1. The van der Waals surface area contributed by atoms with Crippen molar-refractivity contribution in [1.82, 2.24) is 25.2 Å². The fourth-order valence-corrected chi connectivity index (χ4v) is 3.14. The molecule has 0 spiro atoms. The number of hydrogen-bond donors (Lipinski definition) is 2. The number of nitrogens with one attached hydrogen (secondary N) is 2. The summed E-state index contributed by atoms with van der Waals surface area (Å²) in [5.74, 6) is 0.842. The smallest absolute Gasteiger partial charge is 0.409 e. The molecule has 9 heteroatoms. The lowest BCUT2D eigenvalue weighted by Crippen LogP contribution is -2.46. The molecule has 1 saturated heterocycles. The third-order valence-electron chi connectivity index (χ3n) is 4.60. The van der Waals surface area contributed by atoms with Gasteiger partial charge in [0.2, 0.25) is 0 Å². The third kappa shape index (κ3) is 5.87. The van der Waals surface area contributed by atoms with Gasteiger partial charge in [0.05, 0.1) is 18.8 Å². The highest BCUT2D eigenvalue weighted by atomic mass is 16.6. The quantitative estimate of drug-likeness (QED) is 0.767. The van der Waals surface area contributed by atoms with Gasteiger partial charge in [-0.3, -0.25) is 9.78 Å². The van der Waals surface area contributed by atoms with Crippen LogP contribution in [0.2, 0.25) is 0 Å². The van der Waals surface area contributed by atoms with Gasteiger partial charge in [-0.25, -0.2) is 14.8 Å². The Labute approximate surface area is 169 Å². The average Bonchev–Trinajstić information content (AvgIpc) is 2.73. The molecule has 9 nitrogen and oxygen atoms in total. The standard InChI is InChI=1S/C20H26N6O3/c1-3-29-20(28)26-10-7-15(8-11-26)25-19(27)17-12-18(24-14(2)23-17)22-13-16-6-4-5-9-21-16/h4-6,9,12,15H,3,7-8,10-11,13H2,1-2H3,(H,25,27)(H,22,23,24). The second kappa shape index (κ2) is 9.81. The molecule has 1 aliphatic rings. The maximum absolute atomic E-state index is 12.7. The lowest BCUT2D eigenvalue weighted by atomic mass is 10.1. The van der Waals surface area contributed by atoms with Crippen LogP contribution in [0.3, 0.4) is 0 Å². The molecular formula is C20H26N6O3. The van der Waals surface area contributed by atoms with Gasteiger partial charge in [0, 0.05) is 31.4 Å². The average molecular weight is 398 g/mol. The van der Waals surface area contributed by atoms with Gasteiger partial charge < -0.3 is 20.3 Å². The Kier molecular flexibility index (Phi) is 6.94. The normalized spacial score (nSPS) is 14.3. The molecule has 2 aromatic rings. The number of nitrogens with zero attached hydrogens (tertiary/aromatic N) is 4. The molecule has 0 aromatic carbocycles. The van der Waals surface area contributed by atoms with E-state index in [4.69, 9.17) is 4.74 Å². The van der Waals surface area contributed by atoms with E-state index in [1.807, 2.05) is 18.2 Å². The molecule has 0 atom stereocenters. The summed E-state index contributed by atoms with van der Waals surface area (Å²) in [7, 11) is 0. The lowest BCUT2D eigenvalue weighted by Gasteiger charge is -2.31. The molecule has 2 aromatic heterocycles. The van der Waals surface area contributed by atoms with Gasteiger partial charge in [-0.05, 0) is 38.8 Å². The van der Waals surface area contributed by atoms with Crippen molar-refractivity contribution in [3.63, 3.8) is 0 Å². The van der Waals surface area contributed by atoms with Gasteiger partial charge >= 0.3 is 6.09 Å². The van der Waals surface area contributed by atoms with E-state index in [0.29, 0.717) is 56.4 Å². The SMILES string of the molecule is CCOC(=O)N1CCC(NC(=O)c2cc(NCc3ccccn3)nc(C)n2)CC1. The molecule has 1 fully saturated rings. The number of aromatic nitrogens is 3. The summed E-state index contributed by atoms with van der Waals surface area (Å²) in [5, 5.41) is 6.19. The van der Waals surface area contributed by atoms with Gasteiger partial charge in [0.15, 0.2) is 0 Å². The molecule has 0 bridgehead atoms. The molecule has 0 saturated carbocycles. The molecule has 1 aliphatic heterocycles. The van der Waals surface area contributed by atoms with Crippen molar-refractivity contribution in [3.8, 4) is 0 Å². The number of rotatable bonds is 6. The van der Waals surface area contributed by atoms with Crippen LogP contribution in [0.25, 0.3) is 0 Å². The fourth-order valence-electron chi connectivity index (χ4n) is 3.14. The van der Waals surface area contributed by atoms with E-state index in [1.54, 1.807) is 31.0 Å². The van der Waals surface area contributed by atoms with Crippen LogP contribution in [-0.2, 0) is 11.3 Å². The number of amides is 2. The van der Waals surface area contributed by atoms with E-state index in [0.717, 1.165) is 5.69 Å². The Hall–Kier alpha value is -3.23. The van der Waals surface area contributed by atoms with Crippen molar-refractivity contribution in [2.75, 3.05) is 25.0 Å². The Balaban J connectivity index is 1.55. The number of carbonyl (C=O) groups excluding carboxylic acids is 2. The van der Waals surface area contributed by atoms with Crippen molar-refractivity contribution in [2.24, 2.45) is 0 Å². The summed E-state index contributed by atoms with van der Waals surface area (Å²) < 4.78 is 5.02. The zero-order chi connectivity index (χ0) is 20.6. The van der Waals surface area contributed by atoms with E-state index in [1.165, 1.54) is 0 Å². The van der Waals surface area contributed by atoms with Crippen LogP contribution < -0.4 is 10.6 Å². The fraction of sp³-hybridized carbons (Fsp3) is 0.450. The van der Waals surface area contributed by atoms with E-state index in [9.17, 15) is 9.59 Å². The first-order valence-electron chi connectivity index (χ1n) is 9.77. The zero-order valence-corrected chi connectivity index (χ0v) is 16.7. The third-order valence-corrected chi connectivity index (χ3v) is 4.60. The molecule has 0 aliphatic carbocycles. The number of ether oxygens (including phenoxy) is 1. The first-order chi connectivity index (χ1) is 14.0. The second-order valence-electron chi connectivity index (χ2n) is 6.79. The number of carbonyl (C=O) groups is 2. The van der Waals surface area contributed by atoms with Crippen LogP contribution in [0.5, 0.6) is 0 Å². The van der Waals surface area contributed by atoms with Gasteiger partial charge in [0.25, 0.3) is 5.91 Å². The van der Waals surface area contributed by atoms with Crippen LogP contribution in [0.15, 0.2) is 30.5 Å². The molecule has 2 amide bonds. The lowest BCUT2D eigenvalue weighted by molar-refractivity contribution is 0.0856. The van der Waals surface area contributed by atoms with Crippen LogP contribution >= 0.6 is 0 Å². The largest absolute Gasteiger partial charge is 0.450 e. The van der Waals surface area contributed by atoms with E-state index >= 15 is 0 Å². The van der Waals surface area contributed by atoms with Crippen LogP contribution in [0.4, 0.5) is 10.6 Å². The number of piperidine rings is 1. The topological polar surface area (TPSA) is 109 Å². The Morgan fingerprint density at radius 1 is 1.24 bits per heavy atom. The summed E-state index contributed by atoms with van der Waals surface area (Å²) in [6, 6.07) is 7.32. The molecule has 154 valence electrons. The Morgan fingerprint density at radius 2 is 2.03 bits per heavy atom. The maximum Gasteiger partial charge on any atom is 0.409 e. The maximum atomic E-state index is 12.7. The van der Waals surface area contributed by atoms with E-state index < -0.39 is 0 Å². The van der Waals surface area contributed by atoms with Crippen molar-refractivity contribution >= 4 is 17.8 Å². The first-order valence-corrected chi connectivity index (χ1v) is 9.77. The number of aryl methyl sites for hydroxylation is 1. The molecule has 0 radical (unpaired) electrons. The molecule has 3 heterocycles. The molecule has 3 rings (SSSR count). The predicted molar refractivity (Wildman–Crippen MR) is 107 cm³/mol. The second-order valence-corrected chi connectivity index (χ2v) is 6.79. The van der Waals surface area contributed by atoms with E-state index in [2.05, 4.69) is 25.6 Å². The van der Waals surface area contributed by atoms with Crippen molar-refractivity contribution < 1.29 is 14.3 Å². The van der Waals surface area contributed by atoms with Crippen molar-refractivity contribution in [1.29, 1.82) is 0 Å². The van der Waals surface area contributed by atoms with Gasteiger partial charge in [-0.1, -0.05) is 6.07 Å². The first kappa shape index (κ1) is 20.5. The summed E-state index contributed by atoms with van der Waals surface area (Å²) in [5.41, 5.74) is 1.19. The Bertz CT molecular complexity index is 837. The van der Waals surface area contributed by atoms with E-state index in [-0.39, 0.29) is 18.0 Å². The van der Waals surface area contributed by atoms with Gasteiger partial charge in [-0.15, -0.1) is 0 Å². The van der Waals surface area contributed by atoms with Crippen LogP contribution in [0.1, 0.15) is 41.8 Å². The number of hydrogen-bond acceptors (Lipinski definition) is 7. The zero-order valence-electron chi connectivity index (χ0n) is 16.7. The molecule has 29 heavy (non-hydrogen) atoms. The number of pyridine rings is 1. The van der Waals surface area contributed by atoms with Crippen molar-refractivity contribution in [2.45, 2.75) is 39.3 Å². The monoisotopic (exact) mass is 398 g/mol. The molecule has 0 unspecified atom stereocenters.